The van der Waals surface area contributed by atoms with Gasteiger partial charge in [-0.15, -0.1) is 0 Å². The summed E-state index contributed by atoms with van der Waals surface area (Å²) in [6, 6.07) is 0. The molecule has 0 atom stereocenters. The number of aromatic nitrogens is 2. The third-order valence-corrected chi connectivity index (χ3v) is 2.25. The Balaban J connectivity index is 2.64. The maximum atomic E-state index is 5.02. The predicted molar refractivity (Wildman–Crippen MR) is 61.3 cm³/mol. The Kier molecular flexibility index (Phi) is 4.49. The van der Waals surface area contributed by atoms with Gasteiger partial charge < -0.3 is 9.64 Å². The first-order valence-corrected chi connectivity index (χ1v) is 5.15. The third kappa shape index (κ3) is 3.47. The second-order valence-corrected chi connectivity index (χ2v) is 3.69. The second-order valence-electron chi connectivity index (χ2n) is 3.69. The van der Waals surface area contributed by atoms with Crippen LogP contribution in [0.25, 0.3) is 0 Å². The summed E-state index contributed by atoms with van der Waals surface area (Å²) in [5, 5.41) is 0. The second kappa shape index (κ2) is 5.66. The van der Waals surface area contributed by atoms with E-state index >= 15 is 0 Å². The summed E-state index contributed by atoms with van der Waals surface area (Å²) in [6.07, 6.45) is 2.80. The molecular weight excluding hydrogens is 190 g/mol. The largest absolute Gasteiger partial charge is 0.385 e. The van der Waals surface area contributed by atoms with E-state index in [1.54, 1.807) is 13.3 Å². The SMILES string of the molecule is COCCCN(C)c1nc(C)cnc1C. The van der Waals surface area contributed by atoms with E-state index in [4.69, 9.17) is 4.74 Å². The minimum absolute atomic E-state index is 0.780. The van der Waals surface area contributed by atoms with Gasteiger partial charge in [0.05, 0.1) is 11.4 Å². The van der Waals surface area contributed by atoms with Crippen LogP contribution in [-0.2, 0) is 4.74 Å². The van der Waals surface area contributed by atoms with E-state index in [0.717, 1.165) is 36.8 Å². The molecule has 0 saturated heterocycles. The van der Waals surface area contributed by atoms with Crippen LogP contribution < -0.4 is 4.90 Å². The zero-order valence-corrected chi connectivity index (χ0v) is 9.95. The number of hydrogen-bond acceptors (Lipinski definition) is 4. The Bertz CT molecular complexity index is 315. The van der Waals surface area contributed by atoms with E-state index in [2.05, 4.69) is 14.9 Å². The molecule has 84 valence electrons. The number of anilines is 1. The van der Waals surface area contributed by atoms with Crippen LogP contribution in [0.1, 0.15) is 17.8 Å². The lowest BCUT2D eigenvalue weighted by Crippen LogP contribution is -2.22. The van der Waals surface area contributed by atoms with E-state index in [1.807, 2.05) is 20.9 Å². The van der Waals surface area contributed by atoms with Crippen molar-refractivity contribution >= 4 is 5.82 Å². The molecule has 0 fully saturated rings. The monoisotopic (exact) mass is 209 g/mol. The molecule has 0 spiro atoms. The van der Waals surface area contributed by atoms with Gasteiger partial charge in [0.25, 0.3) is 0 Å². The van der Waals surface area contributed by atoms with E-state index in [1.165, 1.54) is 0 Å². The molecule has 0 saturated carbocycles. The van der Waals surface area contributed by atoms with Gasteiger partial charge in [0, 0.05) is 33.5 Å². The highest BCUT2D eigenvalue weighted by Gasteiger charge is 2.06. The standard InChI is InChI=1S/C11H19N3O/c1-9-8-12-10(2)11(13-9)14(3)6-5-7-15-4/h8H,5-7H2,1-4H3. The van der Waals surface area contributed by atoms with E-state index in [0.29, 0.717) is 0 Å². The Morgan fingerprint density at radius 3 is 2.80 bits per heavy atom. The smallest absolute Gasteiger partial charge is 0.150 e. The van der Waals surface area contributed by atoms with Gasteiger partial charge in [-0.25, -0.2) is 4.98 Å². The first-order chi connectivity index (χ1) is 7.15. The highest BCUT2D eigenvalue weighted by molar-refractivity contribution is 5.42. The van der Waals surface area contributed by atoms with Gasteiger partial charge in [-0.1, -0.05) is 0 Å². The fourth-order valence-electron chi connectivity index (χ4n) is 1.44. The van der Waals surface area contributed by atoms with Crippen LogP contribution in [0, 0.1) is 13.8 Å². The zero-order valence-electron chi connectivity index (χ0n) is 9.95. The average Bonchev–Trinajstić information content (AvgIpc) is 2.22. The molecule has 15 heavy (non-hydrogen) atoms. The molecule has 0 N–H and O–H groups in total. The molecule has 0 bridgehead atoms. The minimum atomic E-state index is 0.780. The van der Waals surface area contributed by atoms with Crippen LogP contribution in [0.2, 0.25) is 0 Å². The van der Waals surface area contributed by atoms with Crippen LogP contribution >= 0.6 is 0 Å². The molecule has 0 aliphatic heterocycles. The van der Waals surface area contributed by atoms with Gasteiger partial charge >= 0.3 is 0 Å². The number of aryl methyl sites for hydroxylation is 2. The molecular formula is C11H19N3O. The number of methoxy groups -OCH3 is 1. The fraction of sp³-hybridized carbons (Fsp3) is 0.636. The highest BCUT2D eigenvalue weighted by atomic mass is 16.5. The summed E-state index contributed by atoms with van der Waals surface area (Å²) in [7, 11) is 3.75. The molecule has 4 nitrogen and oxygen atoms in total. The molecule has 4 heteroatoms. The number of ether oxygens (including phenoxy) is 1. The molecule has 0 amide bonds. The van der Waals surface area contributed by atoms with Gasteiger partial charge in [0.2, 0.25) is 0 Å². The topological polar surface area (TPSA) is 38.2 Å². The van der Waals surface area contributed by atoms with Crippen molar-refractivity contribution in [3.8, 4) is 0 Å². The lowest BCUT2D eigenvalue weighted by molar-refractivity contribution is 0.196. The molecule has 1 rings (SSSR count). The summed E-state index contributed by atoms with van der Waals surface area (Å²) in [5.41, 5.74) is 1.93. The quantitative estimate of drug-likeness (QED) is 0.690. The Morgan fingerprint density at radius 2 is 2.13 bits per heavy atom. The maximum absolute atomic E-state index is 5.02. The lowest BCUT2D eigenvalue weighted by Gasteiger charge is -2.19. The van der Waals surface area contributed by atoms with Crippen molar-refractivity contribution in [2.24, 2.45) is 0 Å². The van der Waals surface area contributed by atoms with Crippen LogP contribution in [0.3, 0.4) is 0 Å². The molecule has 0 aliphatic rings. The molecule has 1 heterocycles. The van der Waals surface area contributed by atoms with Gasteiger partial charge in [-0.3, -0.25) is 4.98 Å². The van der Waals surface area contributed by atoms with Crippen molar-refractivity contribution in [1.29, 1.82) is 0 Å². The van der Waals surface area contributed by atoms with Gasteiger partial charge in [-0.05, 0) is 20.3 Å². The van der Waals surface area contributed by atoms with Crippen molar-refractivity contribution in [1.82, 2.24) is 9.97 Å². The van der Waals surface area contributed by atoms with Crippen molar-refractivity contribution < 1.29 is 4.74 Å². The maximum Gasteiger partial charge on any atom is 0.150 e. The molecule has 0 aliphatic carbocycles. The Morgan fingerprint density at radius 1 is 1.40 bits per heavy atom. The number of nitrogens with zero attached hydrogens (tertiary/aromatic N) is 3. The van der Waals surface area contributed by atoms with E-state index < -0.39 is 0 Å². The normalized spacial score (nSPS) is 10.4. The summed E-state index contributed by atoms with van der Waals surface area (Å²) < 4.78 is 5.02. The summed E-state index contributed by atoms with van der Waals surface area (Å²) in [6.45, 7) is 5.66. The first kappa shape index (κ1) is 11.9. The summed E-state index contributed by atoms with van der Waals surface area (Å²) >= 11 is 0. The van der Waals surface area contributed by atoms with Crippen molar-refractivity contribution in [2.45, 2.75) is 20.3 Å². The van der Waals surface area contributed by atoms with Crippen LogP contribution in [-0.4, -0.2) is 37.3 Å². The van der Waals surface area contributed by atoms with Gasteiger partial charge in [-0.2, -0.15) is 0 Å². The molecule has 1 aromatic heterocycles. The first-order valence-electron chi connectivity index (χ1n) is 5.15. The highest BCUT2D eigenvalue weighted by Crippen LogP contribution is 2.13. The Labute approximate surface area is 91.3 Å². The third-order valence-electron chi connectivity index (χ3n) is 2.25. The Hall–Kier alpha value is -1.16. The van der Waals surface area contributed by atoms with E-state index in [9.17, 15) is 0 Å². The molecule has 1 aromatic rings. The molecule has 0 aromatic carbocycles. The van der Waals surface area contributed by atoms with E-state index in [-0.39, 0.29) is 0 Å². The number of hydrogen-bond donors (Lipinski definition) is 0. The summed E-state index contributed by atoms with van der Waals surface area (Å²) in [4.78, 5) is 10.9. The molecule has 0 unspecified atom stereocenters. The van der Waals surface area contributed by atoms with Gasteiger partial charge in [0.1, 0.15) is 5.82 Å². The van der Waals surface area contributed by atoms with Crippen molar-refractivity contribution in [3.63, 3.8) is 0 Å². The minimum Gasteiger partial charge on any atom is -0.385 e. The van der Waals surface area contributed by atoms with Crippen molar-refractivity contribution in [3.05, 3.63) is 17.6 Å². The van der Waals surface area contributed by atoms with Gasteiger partial charge in [0.15, 0.2) is 0 Å². The lowest BCUT2D eigenvalue weighted by atomic mass is 10.3. The van der Waals surface area contributed by atoms with Crippen LogP contribution in [0.4, 0.5) is 5.82 Å². The zero-order chi connectivity index (χ0) is 11.3. The fourth-order valence-corrected chi connectivity index (χ4v) is 1.44. The van der Waals surface area contributed by atoms with Crippen LogP contribution in [0.5, 0.6) is 0 Å². The van der Waals surface area contributed by atoms with Crippen LogP contribution in [0.15, 0.2) is 6.20 Å². The average molecular weight is 209 g/mol. The predicted octanol–water partition coefficient (Wildman–Crippen LogP) is 1.57. The van der Waals surface area contributed by atoms with Crippen molar-refractivity contribution in [2.75, 3.05) is 32.2 Å². The molecule has 0 radical (unpaired) electrons. The summed E-state index contributed by atoms with van der Waals surface area (Å²) in [5.74, 6) is 0.964. The number of rotatable bonds is 5.